The summed E-state index contributed by atoms with van der Waals surface area (Å²) in [6.45, 7) is 0. The molecule has 0 bridgehead atoms. The van der Waals surface area contributed by atoms with Gasteiger partial charge in [0.1, 0.15) is 11.6 Å². The minimum atomic E-state index is -0.257. The van der Waals surface area contributed by atoms with Crippen molar-refractivity contribution in [1.29, 1.82) is 0 Å². The summed E-state index contributed by atoms with van der Waals surface area (Å²) in [4.78, 5) is 20.6. The van der Waals surface area contributed by atoms with Gasteiger partial charge in [-0.05, 0) is 37.0 Å². The summed E-state index contributed by atoms with van der Waals surface area (Å²) in [5.74, 6) is 0.520. The first-order valence-electron chi connectivity index (χ1n) is 6.85. The molecule has 0 spiro atoms. The van der Waals surface area contributed by atoms with Crippen molar-refractivity contribution in [3.8, 4) is 0 Å². The van der Waals surface area contributed by atoms with Gasteiger partial charge in [0.25, 0.3) is 0 Å². The lowest BCUT2D eigenvalue weighted by molar-refractivity contribution is 0.0981. The number of fused-ring (bicyclic) bond motifs is 1. The number of nitrogens with zero attached hydrogens (tertiary/aromatic N) is 2. The number of hydrogen-bond acceptors (Lipinski definition) is 3. The molecule has 0 saturated carbocycles. The number of benzene rings is 1. The Morgan fingerprint density at radius 3 is 2.90 bits per heavy atom. The van der Waals surface area contributed by atoms with Gasteiger partial charge in [-0.15, -0.1) is 0 Å². The van der Waals surface area contributed by atoms with E-state index in [0.717, 1.165) is 30.5 Å². The third-order valence-electron chi connectivity index (χ3n) is 3.54. The first-order chi connectivity index (χ1) is 9.72. The van der Waals surface area contributed by atoms with Crippen molar-refractivity contribution < 1.29 is 9.18 Å². The maximum Gasteiger partial charge on any atom is 0.166 e. The standard InChI is InChI=1S/C16H15FN2O/c17-12-5-3-4-11(8-12)9-16-18-10-13-14(19-16)6-1-2-7-15(13)20/h3-5,8,10H,1-2,6-7,9H2. The van der Waals surface area contributed by atoms with Gasteiger partial charge >= 0.3 is 0 Å². The van der Waals surface area contributed by atoms with Crippen LogP contribution in [0, 0.1) is 5.82 Å². The highest BCUT2D eigenvalue weighted by atomic mass is 19.1. The van der Waals surface area contributed by atoms with E-state index < -0.39 is 0 Å². The first-order valence-corrected chi connectivity index (χ1v) is 6.85. The van der Waals surface area contributed by atoms with E-state index >= 15 is 0 Å². The van der Waals surface area contributed by atoms with E-state index in [1.54, 1.807) is 12.3 Å². The minimum Gasteiger partial charge on any atom is -0.294 e. The summed E-state index contributed by atoms with van der Waals surface area (Å²) in [5.41, 5.74) is 2.34. The Hall–Kier alpha value is -2.10. The van der Waals surface area contributed by atoms with Crippen LogP contribution in [0.5, 0.6) is 0 Å². The maximum atomic E-state index is 13.2. The molecule has 4 heteroatoms. The van der Waals surface area contributed by atoms with Gasteiger partial charge in [0.15, 0.2) is 5.78 Å². The molecule has 0 unspecified atom stereocenters. The number of ketones is 1. The Labute approximate surface area is 116 Å². The molecule has 1 aromatic carbocycles. The van der Waals surface area contributed by atoms with Crippen LogP contribution in [0.15, 0.2) is 30.5 Å². The number of aromatic nitrogens is 2. The molecular weight excluding hydrogens is 255 g/mol. The quantitative estimate of drug-likeness (QED) is 0.787. The monoisotopic (exact) mass is 270 g/mol. The molecule has 0 fully saturated rings. The van der Waals surface area contributed by atoms with E-state index in [4.69, 9.17) is 0 Å². The average Bonchev–Trinajstić information content (AvgIpc) is 2.61. The average molecular weight is 270 g/mol. The molecular formula is C16H15FN2O. The molecule has 0 N–H and O–H groups in total. The third kappa shape index (κ3) is 2.74. The number of halogens is 1. The second-order valence-corrected chi connectivity index (χ2v) is 5.08. The molecule has 20 heavy (non-hydrogen) atoms. The van der Waals surface area contributed by atoms with Crippen LogP contribution in [-0.4, -0.2) is 15.8 Å². The van der Waals surface area contributed by atoms with Crippen LogP contribution in [0.3, 0.4) is 0 Å². The van der Waals surface area contributed by atoms with Crippen LogP contribution < -0.4 is 0 Å². The molecule has 1 aliphatic rings. The van der Waals surface area contributed by atoms with Crippen LogP contribution >= 0.6 is 0 Å². The molecule has 1 heterocycles. The van der Waals surface area contributed by atoms with Gasteiger partial charge in [-0.1, -0.05) is 12.1 Å². The largest absolute Gasteiger partial charge is 0.294 e. The maximum absolute atomic E-state index is 13.2. The molecule has 0 aliphatic heterocycles. The van der Waals surface area contributed by atoms with E-state index in [-0.39, 0.29) is 11.6 Å². The van der Waals surface area contributed by atoms with Gasteiger partial charge in [-0.2, -0.15) is 0 Å². The van der Waals surface area contributed by atoms with Crippen LogP contribution in [0.25, 0.3) is 0 Å². The van der Waals surface area contributed by atoms with Gasteiger partial charge in [-0.3, -0.25) is 4.79 Å². The SMILES string of the molecule is O=C1CCCCc2nc(Cc3cccc(F)c3)ncc21. The predicted octanol–water partition coefficient (Wildman–Crippen LogP) is 3.12. The highest BCUT2D eigenvalue weighted by Gasteiger charge is 2.17. The molecule has 3 nitrogen and oxygen atoms in total. The van der Waals surface area contributed by atoms with E-state index in [2.05, 4.69) is 9.97 Å². The van der Waals surface area contributed by atoms with Gasteiger partial charge in [0.05, 0.1) is 11.3 Å². The van der Waals surface area contributed by atoms with Crippen LogP contribution in [0.2, 0.25) is 0 Å². The fraction of sp³-hybridized carbons (Fsp3) is 0.312. The fourth-order valence-electron chi connectivity index (χ4n) is 2.51. The lowest BCUT2D eigenvalue weighted by Gasteiger charge is -2.06. The second-order valence-electron chi connectivity index (χ2n) is 5.08. The Morgan fingerprint density at radius 1 is 1.20 bits per heavy atom. The molecule has 0 saturated heterocycles. The van der Waals surface area contributed by atoms with Crippen LogP contribution in [-0.2, 0) is 12.8 Å². The zero-order valence-electron chi connectivity index (χ0n) is 11.1. The number of Topliss-reactive ketones (excluding diaryl/α,β-unsaturated/α-hetero) is 1. The summed E-state index contributed by atoms with van der Waals surface area (Å²) >= 11 is 0. The summed E-state index contributed by atoms with van der Waals surface area (Å²) in [6, 6.07) is 6.43. The van der Waals surface area contributed by atoms with Crippen molar-refractivity contribution in [3.63, 3.8) is 0 Å². The Bertz CT molecular complexity index is 655. The van der Waals surface area contributed by atoms with Crippen molar-refractivity contribution >= 4 is 5.78 Å². The zero-order chi connectivity index (χ0) is 13.9. The molecule has 2 aromatic rings. The summed E-state index contributed by atoms with van der Waals surface area (Å²) in [5, 5.41) is 0. The second kappa shape index (κ2) is 5.49. The predicted molar refractivity (Wildman–Crippen MR) is 73.1 cm³/mol. The van der Waals surface area contributed by atoms with Crippen molar-refractivity contribution in [2.45, 2.75) is 32.1 Å². The number of carbonyl (C=O) groups is 1. The van der Waals surface area contributed by atoms with Crippen molar-refractivity contribution in [3.05, 3.63) is 58.9 Å². The summed E-state index contributed by atoms with van der Waals surface area (Å²) in [7, 11) is 0. The van der Waals surface area contributed by atoms with Crippen molar-refractivity contribution in [2.75, 3.05) is 0 Å². The molecule has 0 amide bonds. The Kier molecular flexibility index (Phi) is 3.54. The van der Waals surface area contributed by atoms with Crippen LogP contribution in [0.1, 0.15) is 46.7 Å². The lowest BCUT2D eigenvalue weighted by atomic mass is 10.1. The van der Waals surface area contributed by atoms with Gasteiger partial charge in [-0.25, -0.2) is 14.4 Å². The number of aryl methyl sites for hydroxylation is 1. The molecule has 102 valence electrons. The molecule has 1 aliphatic carbocycles. The fourth-order valence-corrected chi connectivity index (χ4v) is 2.51. The Morgan fingerprint density at radius 2 is 2.05 bits per heavy atom. The highest BCUT2D eigenvalue weighted by molar-refractivity contribution is 5.97. The highest BCUT2D eigenvalue weighted by Crippen LogP contribution is 2.19. The lowest BCUT2D eigenvalue weighted by Crippen LogP contribution is -2.07. The van der Waals surface area contributed by atoms with E-state index in [1.165, 1.54) is 12.1 Å². The number of rotatable bonds is 2. The zero-order valence-corrected chi connectivity index (χ0v) is 11.1. The molecule has 1 aromatic heterocycles. The van der Waals surface area contributed by atoms with E-state index in [0.29, 0.717) is 24.2 Å². The molecule has 0 atom stereocenters. The number of carbonyl (C=O) groups excluding carboxylic acids is 1. The van der Waals surface area contributed by atoms with Crippen molar-refractivity contribution in [2.24, 2.45) is 0 Å². The van der Waals surface area contributed by atoms with Crippen LogP contribution in [0.4, 0.5) is 4.39 Å². The Balaban J connectivity index is 1.88. The third-order valence-corrected chi connectivity index (χ3v) is 3.54. The topological polar surface area (TPSA) is 42.9 Å². The van der Waals surface area contributed by atoms with Gasteiger partial charge in [0.2, 0.25) is 0 Å². The summed E-state index contributed by atoms with van der Waals surface area (Å²) in [6.07, 6.45) is 5.41. The van der Waals surface area contributed by atoms with E-state index in [9.17, 15) is 9.18 Å². The van der Waals surface area contributed by atoms with Gasteiger partial charge in [0, 0.05) is 19.0 Å². The smallest absolute Gasteiger partial charge is 0.166 e. The normalized spacial score (nSPS) is 14.8. The van der Waals surface area contributed by atoms with E-state index in [1.807, 2.05) is 6.07 Å². The minimum absolute atomic E-state index is 0.134. The van der Waals surface area contributed by atoms with Gasteiger partial charge < -0.3 is 0 Å². The van der Waals surface area contributed by atoms with Crippen molar-refractivity contribution in [1.82, 2.24) is 9.97 Å². The summed E-state index contributed by atoms with van der Waals surface area (Å²) < 4.78 is 13.2. The first kappa shape index (κ1) is 12.9. The molecule has 3 rings (SSSR count). The number of hydrogen-bond donors (Lipinski definition) is 0. The molecule has 0 radical (unpaired) electrons.